The summed E-state index contributed by atoms with van der Waals surface area (Å²) in [4.78, 5) is 26.7. The monoisotopic (exact) mass is 542 g/mol. The number of halogens is 4. The number of carbonyl (C=O) groups is 2. The zero-order valence-corrected chi connectivity index (χ0v) is 20.6. The maximum atomic E-state index is 14.1. The number of benzene rings is 3. The minimum atomic E-state index is -0.568. The third kappa shape index (κ3) is 5.00. The van der Waals surface area contributed by atoms with Crippen LogP contribution in [0.3, 0.4) is 0 Å². The molecule has 11 heteroatoms. The van der Waals surface area contributed by atoms with E-state index in [0.29, 0.717) is 35.7 Å². The molecular weight excluding hydrogens is 525 g/mol. The van der Waals surface area contributed by atoms with Gasteiger partial charge in [-0.25, -0.2) is 13.6 Å². The van der Waals surface area contributed by atoms with Crippen LogP contribution < -0.4 is 15.1 Å². The summed E-state index contributed by atoms with van der Waals surface area (Å²) in [7, 11) is 0. The standard InChI is InChI=1S/C26H18Cl2F2N4O3/c1-14-12-31-34(26(36)32-14)18-10-21(27)24(22(28)11-18)37-19-3-4-20-15(9-19)6-7-33(25(20)35)13-16-8-17(29)2-5-23(16)30/h2-5,8-12H,1,6-7,13H2,(H,32,36). The van der Waals surface area contributed by atoms with Crippen LogP contribution in [0.4, 0.5) is 19.3 Å². The van der Waals surface area contributed by atoms with Gasteiger partial charge in [0, 0.05) is 24.2 Å². The summed E-state index contributed by atoms with van der Waals surface area (Å²) in [6.07, 6.45) is 1.88. The smallest absolute Gasteiger partial charge is 0.347 e. The van der Waals surface area contributed by atoms with Crippen molar-refractivity contribution < 1.29 is 23.1 Å². The average molecular weight is 543 g/mol. The Hall–Kier alpha value is -3.95. The predicted molar refractivity (Wildman–Crippen MR) is 136 cm³/mol. The van der Waals surface area contributed by atoms with Gasteiger partial charge < -0.3 is 15.0 Å². The fourth-order valence-electron chi connectivity index (χ4n) is 4.07. The van der Waals surface area contributed by atoms with Crippen molar-refractivity contribution in [3.05, 3.63) is 99.2 Å². The molecule has 7 nitrogen and oxygen atoms in total. The topological polar surface area (TPSA) is 74.2 Å². The molecule has 0 bridgehead atoms. The second-order valence-electron chi connectivity index (χ2n) is 8.38. The zero-order valence-electron chi connectivity index (χ0n) is 19.1. The van der Waals surface area contributed by atoms with Crippen molar-refractivity contribution >= 4 is 47.0 Å². The van der Waals surface area contributed by atoms with E-state index in [-0.39, 0.29) is 33.8 Å². The molecule has 0 aliphatic carbocycles. The molecule has 3 aromatic carbocycles. The number of rotatable bonds is 5. The third-order valence-electron chi connectivity index (χ3n) is 5.85. The van der Waals surface area contributed by atoms with E-state index in [4.69, 9.17) is 27.9 Å². The summed E-state index contributed by atoms with van der Waals surface area (Å²) in [6, 6.07) is 10.5. The molecule has 2 aliphatic heterocycles. The molecular formula is C26H18Cl2F2N4O3. The number of urea groups is 1. The highest BCUT2D eigenvalue weighted by Gasteiger charge is 2.26. The van der Waals surface area contributed by atoms with E-state index in [1.54, 1.807) is 18.2 Å². The maximum absolute atomic E-state index is 14.1. The highest BCUT2D eigenvalue weighted by atomic mass is 35.5. The molecule has 2 aliphatic rings. The third-order valence-corrected chi connectivity index (χ3v) is 6.41. The first-order valence-electron chi connectivity index (χ1n) is 11.1. The second kappa shape index (κ2) is 9.84. The number of fused-ring (bicyclic) bond motifs is 1. The molecule has 0 unspecified atom stereocenters. The van der Waals surface area contributed by atoms with Crippen molar-refractivity contribution in [2.45, 2.75) is 13.0 Å². The van der Waals surface area contributed by atoms with Gasteiger partial charge in [0.2, 0.25) is 0 Å². The Morgan fingerprint density at radius 3 is 2.54 bits per heavy atom. The first kappa shape index (κ1) is 24.7. The molecule has 0 saturated heterocycles. The number of hydrogen-bond donors (Lipinski definition) is 1. The van der Waals surface area contributed by atoms with Crippen LogP contribution in [0.5, 0.6) is 11.5 Å². The van der Waals surface area contributed by atoms with Crippen molar-refractivity contribution in [2.24, 2.45) is 5.10 Å². The Kier molecular flexibility index (Phi) is 6.57. The van der Waals surface area contributed by atoms with Gasteiger partial charge in [-0.15, -0.1) is 0 Å². The van der Waals surface area contributed by atoms with Gasteiger partial charge in [-0.05, 0) is 60.5 Å². The van der Waals surface area contributed by atoms with Crippen molar-refractivity contribution in [2.75, 3.05) is 11.6 Å². The van der Waals surface area contributed by atoms with Crippen molar-refractivity contribution in [3.8, 4) is 11.5 Å². The average Bonchev–Trinajstić information content (AvgIpc) is 2.85. The zero-order chi connectivity index (χ0) is 26.3. The Morgan fingerprint density at radius 2 is 1.81 bits per heavy atom. The lowest BCUT2D eigenvalue weighted by Gasteiger charge is -2.29. The predicted octanol–water partition coefficient (Wildman–Crippen LogP) is 6.29. The van der Waals surface area contributed by atoms with Gasteiger partial charge in [0.15, 0.2) is 5.75 Å². The first-order chi connectivity index (χ1) is 17.7. The number of ether oxygens (including phenoxy) is 1. The highest BCUT2D eigenvalue weighted by Crippen LogP contribution is 2.40. The number of allylic oxidation sites excluding steroid dienone is 1. The van der Waals surface area contributed by atoms with Gasteiger partial charge in [0.05, 0.1) is 27.6 Å². The Labute approximate surface area is 220 Å². The van der Waals surface area contributed by atoms with E-state index in [0.717, 1.165) is 28.8 Å². The summed E-state index contributed by atoms with van der Waals surface area (Å²) < 4.78 is 33.5. The van der Waals surface area contributed by atoms with Gasteiger partial charge in [-0.2, -0.15) is 10.1 Å². The molecule has 3 aromatic rings. The quantitative estimate of drug-likeness (QED) is 0.411. The minimum absolute atomic E-state index is 0.0368. The van der Waals surface area contributed by atoms with Crippen LogP contribution in [-0.2, 0) is 13.0 Å². The van der Waals surface area contributed by atoms with E-state index >= 15 is 0 Å². The maximum Gasteiger partial charge on any atom is 0.347 e. The SMILES string of the molecule is C=C1C=NN(c2cc(Cl)c(Oc3ccc4c(c3)CCN(Cc3cc(F)ccc3F)C4=O)c(Cl)c2)C(=O)N1. The van der Waals surface area contributed by atoms with Crippen molar-refractivity contribution in [3.63, 3.8) is 0 Å². The molecule has 0 saturated carbocycles. The van der Waals surface area contributed by atoms with E-state index in [2.05, 4.69) is 17.0 Å². The molecule has 2 heterocycles. The van der Waals surface area contributed by atoms with Gasteiger partial charge in [0.1, 0.15) is 17.4 Å². The number of carbonyl (C=O) groups excluding carboxylic acids is 2. The fourth-order valence-corrected chi connectivity index (χ4v) is 4.62. The second-order valence-corrected chi connectivity index (χ2v) is 9.20. The lowest BCUT2D eigenvalue weighted by Crippen LogP contribution is -2.40. The number of hydrogen-bond acceptors (Lipinski definition) is 4. The normalized spacial score (nSPS) is 15.1. The lowest BCUT2D eigenvalue weighted by molar-refractivity contribution is 0.0725. The Morgan fingerprint density at radius 1 is 1.05 bits per heavy atom. The van der Waals surface area contributed by atoms with E-state index in [9.17, 15) is 18.4 Å². The van der Waals surface area contributed by atoms with Gasteiger partial charge in [0.25, 0.3) is 5.91 Å². The van der Waals surface area contributed by atoms with Gasteiger partial charge in [-0.3, -0.25) is 4.79 Å². The molecule has 0 atom stereocenters. The molecule has 188 valence electrons. The molecule has 3 amide bonds. The number of nitrogens with one attached hydrogen (secondary N) is 1. The Bertz CT molecular complexity index is 1470. The summed E-state index contributed by atoms with van der Waals surface area (Å²) in [5, 5.41) is 7.93. The van der Waals surface area contributed by atoms with Crippen LogP contribution in [0.25, 0.3) is 0 Å². The molecule has 1 N–H and O–H groups in total. The summed E-state index contributed by atoms with van der Waals surface area (Å²) in [6.45, 7) is 3.91. The molecule has 0 aromatic heterocycles. The molecule has 37 heavy (non-hydrogen) atoms. The van der Waals surface area contributed by atoms with Gasteiger partial charge >= 0.3 is 6.03 Å². The van der Waals surface area contributed by atoms with Crippen LogP contribution in [0.15, 0.2) is 65.9 Å². The highest BCUT2D eigenvalue weighted by molar-refractivity contribution is 6.37. The number of nitrogens with zero attached hydrogens (tertiary/aromatic N) is 3. The number of hydrazone groups is 1. The number of anilines is 1. The summed E-state index contributed by atoms with van der Waals surface area (Å²) in [5.41, 5.74) is 1.98. The van der Waals surface area contributed by atoms with Crippen LogP contribution in [0.1, 0.15) is 21.5 Å². The van der Waals surface area contributed by atoms with E-state index < -0.39 is 17.7 Å². The fraction of sp³-hybridized carbons (Fsp3) is 0.115. The van der Waals surface area contributed by atoms with Crippen LogP contribution in [0.2, 0.25) is 10.0 Å². The van der Waals surface area contributed by atoms with E-state index in [1.165, 1.54) is 23.2 Å². The summed E-state index contributed by atoms with van der Waals surface area (Å²) in [5.74, 6) is -0.853. The molecule has 0 fully saturated rings. The lowest BCUT2D eigenvalue weighted by atomic mass is 9.98. The Balaban J connectivity index is 1.34. The first-order valence-corrected chi connectivity index (χ1v) is 11.8. The minimum Gasteiger partial charge on any atom is -0.454 e. The van der Waals surface area contributed by atoms with Crippen molar-refractivity contribution in [1.82, 2.24) is 10.2 Å². The molecule has 5 rings (SSSR count). The van der Waals surface area contributed by atoms with Crippen LogP contribution in [-0.4, -0.2) is 29.6 Å². The summed E-state index contributed by atoms with van der Waals surface area (Å²) >= 11 is 12.8. The van der Waals surface area contributed by atoms with E-state index in [1.807, 2.05) is 0 Å². The van der Waals surface area contributed by atoms with Crippen LogP contribution in [0, 0.1) is 11.6 Å². The van der Waals surface area contributed by atoms with Crippen molar-refractivity contribution in [1.29, 1.82) is 0 Å². The van der Waals surface area contributed by atoms with Crippen LogP contribution >= 0.6 is 23.2 Å². The molecule has 0 radical (unpaired) electrons. The van der Waals surface area contributed by atoms with Gasteiger partial charge in [-0.1, -0.05) is 29.8 Å². The number of amides is 3. The largest absolute Gasteiger partial charge is 0.454 e. The molecule has 0 spiro atoms.